The molecule has 2 fully saturated rings. The SMILES string of the molecule is CS[C@@](CC1CCCCC1)(NC(=O)[C@@H]1CSCN1)C(=O)NCc1ccc(N(C)c2ccccc2)cc1. The van der Waals surface area contributed by atoms with E-state index >= 15 is 0 Å². The lowest BCUT2D eigenvalue weighted by Crippen LogP contribution is -2.60. The molecule has 0 spiro atoms. The van der Waals surface area contributed by atoms with Gasteiger partial charge in [-0.3, -0.25) is 14.9 Å². The zero-order valence-corrected chi connectivity index (χ0v) is 22.9. The molecule has 1 saturated heterocycles. The van der Waals surface area contributed by atoms with Crippen LogP contribution in [0.3, 0.4) is 0 Å². The smallest absolute Gasteiger partial charge is 0.256 e. The highest BCUT2D eigenvalue weighted by Crippen LogP contribution is 2.36. The molecule has 3 N–H and O–H groups in total. The standard InChI is InChI=1S/C28H38N4O2S2/c1-32(23-11-7-4-8-12-23)24-15-13-22(14-16-24)18-29-27(34)28(35-2,17-21-9-5-3-6-10-21)31-26(33)25-19-36-20-30-25/h4,7-8,11-16,21,25,30H,3,5-6,9-10,17-20H2,1-2H3,(H,29,34)(H,31,33)/t25-,28+/m0/s1. The summed E-state index contributed by atoms with van der Waals surface area (Å²) in [5.41, 5.74) is 3.24. The topological polar surface area (TPSA) is 73.5 Å². The van der Waals surface area contributed by atoms with E-state index in [1.54, 1.807) is 11.8 Å². The number of nitrogens with zero attached hydrogens (tertiary/aromatic N) is 1. The maximum absolute atomic E-state index is 13.7. The molecule has 6 nitrogen and oxygen atoms in total. The minimum absolute atomic E-state index is 0.0754. The van der Waals surface area contributed by atoms with E-state index in [0.29, 0.717) is 18.9 Å². The first-order valence-corrected chi connectivity index (χ1v) is 15.2. The molecule has 0 aromatic heterocycles. The molecule has 1 saturated carbocycles. The predicted molar refractivity (Wildman–Crippen MR) is 153 cm³/mol. The van der Waals surface area contributed by atoms with Crippen molar-refractivity contribution >= 4 is 46.7 Å². The molecule has 1 aliphatic heterocycles. The number of carbonyl (C=O) groups excluding carboxylic acids is 2. The number of amides is 2. The quantitative estimate of drug-likeness (QED) is 0.383. The lowest BCUT2D eigenvalue weighted by atomic mass is 9.84. The Bertz CT molecular complexity index is 992. The Morgan fingerprint density at radius 1 is 1.06 bits per heavy atom. The second kappa shape index (κ2) is 12.9. The van der Waals surface area contributed by atoms with E-state index in [0.717, 1.165) is 41.4 Å². The monoisotopic (exact) mass is 526 g/mol. The molecule has 0 bridgehead atoms. The predicted octanol–water partition coefficient (Wildman–Crippen LogP) is 4.88. The zero-order chi connectivity index (χ0) is 25.4. The number of para-hydroxylation sites is 1. The van der Waals surface area contributed by atoms with Crippen molar-refractivity contribution in [3.8, 4) is 0 Å². The molecular formula is C28H38N4O2S2. The van der Waals surface area contributed by atoms with Gasteiger partial charge in [-0.05, 0) is 48.4 Å². The summed E-state index contributed by atoms with van der Waals surface area (Å²) in [6.07, 6.45) is 8.53. The summed E-state index contributed by atoms with van der Waals surface area (Å²) < 4.78 is 0. The fourth-order valence-corrected chi connectivity index (χ4v) is 6.84. The maximum atomic E-state index is 13.7. The lowest BCUT2D eigenvalue weighted by molar-refractivity contribution is -0.131. The summed E-state index contributed by atoms with van der Waals surface area (Å²) in [6, 6.07) is 18.2. The van der Waals surface area contributed by atoms with Crippen molar-refractivity contribution in [2.24, 2.45) is 5.92 Å². The van der Waals surface area contributed by atoms with Crippen molar-refractivity contribution in [3.63, 3.8) is 0 Å². The number of thioether (sulfide) groups is 2. The van der Waals surface area contributed by atoms with Gasteiger partial charge >= 0.3 is 0 Å². The van der Waals surface area contributed by atoms with Crippen LogP contribution in [-0.4, -0.2) is 47.7 Å². The number of nitrogens with one attached hydrogen (secondary N) is 3. The highest BCUT2D eigenvalue weighted by molar-refractivity contribution is 8.00. The van der Waals surface area contributed by atoms with Crippen LogP contribution in [0.25, 0.3) is 0 Å². The van der Waals surface area contributed by atoms with Crippen molar-refractivity contribution in [1.29, 1.82) is 0 Å². The van der Waals surface area contributed by atoms with Crippen LogP contribution >= 0.6 is 23.5 Å². The first-order chi connectivity index (χ1) is 17.5. The van der Waals surface area contributed by atoms with Gasteiger partial charge in [-0.1, -0.05) is 62.4 Å². The summed E-state index contributed by atoms with van der Waals surface area (Å²) in [7, 11) is 2.05. The third-order valence-corrected chi connectivity index (χ3v) is 9.39. The third kappa shape index (κ3) is 6.78. The minimum Gasteiger partial charge on any atom is -0.349 e. The highest BCUT2D eigenvalue weighted by Gasteiger charge is 2.43. The number of rotatable bonds is 10. The number of carbonyl (C=O) groups is 2. The lowest BCUT2D eigenvalue weighted by Gasteiger charge is -2.36. The Hall–Kier alpha value is -2.16. The van der Waals surface area contributed by atoms with E-state index < -0.39 is 4.87 Å². The average Bonchev–Trinajstić information content (AvgIpc) is 3.48. The van der Waals surface area contributed by atoms with Crippen LogP contribution in [0, 0.1) is 5.92 Å². The summed E-state index contributed by atoms with van der Waals surface area (Å²) in [5.74, 6) is 1.79. The van der Waals surface area contributed by atoms with Gasteiger partial charge in [0, 0.05) is 36.6 Å². The molecule has 2 aromatic rings. The van der Waals surface area contributed by atoms with Crippen molar-refractivity contribution in [2.45, 2.75) is 56.0 Å². The molecule has 0 radical (unpaired) electrons. The van der Waals surface area contributed by atoms with E-state index in [-0.39, 0.29) is 17.9 Å². The summed E-state index contributed by atoms with van der Waals surface area (Å²) in [5, 5.41) is 9.56. The summed E-state index contributed by atoms with van der Waals surface area (Å²) in [4.78, 5) is 27.9. The van der Waals surface area contributed by atoms with Gasteiger partial charge in [-0.25, -0.2) is 0 Å². The molecule has 1 heterocycles. The summed E-state index contributed by atoms with van der Waals surface area (Å²) >= 11 is 3.17. The fourth-order valence-electron chi connectivity index (χ4n) is 5.04. The molecule has 8 heteroatoms. The van der Waals surface area contributed by atoms with Gasteiger partial charge in [-0.2, -0.15) is 0 Å². The van der Waals surface area contributed by atoms with E-state index in [9.17, 15) is 9.59 Å². The molecule has 1 aliphatic carbocycles. The van der Waals surface area contributed by atoms with Gasteiger partial charge in [0.2, 0.25) is 5.91 Å². The highest BCUT2D eigenvalue weighted by atomic mass is 32.2. The van der Waals surface area contributed by atoms with Gasteiger partial charge in [0.25, 0.3) is 5.91 Å². The van der Waals surface area contributed by atoms with Crippen molar-refractivity contribution < 1.29 is 9.59 Å². The number of anilines is 2. The first kappa shape index (κ1) is 26.9. The Labute approximate surface area is 223 Å². The van der Waals surface area contributed by atoms with Gasteiger partial charge in [0.05, 0.1) is 6.04 Å². The van der Waals surface area contributed by atoms with E-state index in [1.807, 2.05) is 31.5 Å². The van der Waals surface area contributed by atoms with Crippen LogP contribution in [0.4, 0.5) is 11.4 Å². The number of benzene rings is 2. The zero-order valence-electron chi connectivity index (χ0n) is 21.3. The molecule has 2 atom stereocenters. The average molecular weight is 527 g/mol. The van der Waals surface area contributed by atoms with Crippen LogP contribution in [-0.2, 0) is 16.1 Å². The molecule has 2 amide bonds. The number of hydrogen-bond acceptors (Lipinski definition) is 6. The van der Waals surface area contributed by atoms with Gasteiger partial charge < -0.3 is 15.5 Å². The number of hydrogen-bond donors (Lipinski definition) is 3. The van der Waals surface area contributed by atoms with Crippen LogP contribution < -0.4 is 20.9 Å². The van der Waals surface area contributed by atoms with Crippen LogP contribution in [0.2, 0.25) is 0 Å². The fraction of sp³-hybridized carbons (Fsp3) is 0.500. The van der Waals surface area contributed by atoms with Crippen LogP contribution in [0.1, 0.15) is 44.1 Å². The first-order valence-electron chi connectivity index (χ1n) is 12.8. The Balaban J connectivity index is 1.43. The summed E-state index contributed by atoms with van der Waals surface area (Å²) in [6.45, 7) is 0.425. The van der Waals surface area contributed by atoms with Crippen LogP contribution in [0.5, 0.6) is 0 Å². The Morgan fingerprint density at radius 3 is 2.39 bits per heavy atom. The molecule has 0 unspecified atom stereocenters. The Kier molecular flexibility index (Phi) is 9.62. The largest absolute Gasteiger partial charge is 0.349 e. The van der Waals surface area contributed by atoms with Gasteiger partial charge in [0.15, 0.2) is 4.87 Å². The van der Waals surface area contributed by atoms with E-state index in [2.05, 4.69) is 57.2 Å². The van der Waals surface area contributed by atoms with Crippen molar-refractivity contribution in [2.75, 3.05) is 29.8 Å². The van der Waals surface area contributed by atoms with Gasteiger partial charge in [-0.15, -0.1) is 23.5 Å². The molecule has 4 rings (SSSR count). The normalized spacial score (nSPS) is 19.9. The van der Waals surface area contributed by atoms with Crippen LogP contribution in [0.15, 0.2) is 54.6 Å². The van der Waals surface area contributed by atoms with Gasteiger partial charge in [0.1, 0.15) is 0 Å². The third-order valence-electron chi connectivity index (χ3n) is 7.29. The molecular weight excluding hydrogens is 488 g/mol. The maximum Gasteiger partial charge on any atom is 0.256 e. The molecule has 2 aliphatic rings. The second-order valence-corrected chi connectivity index (χ2v) is 11.9. The minimum atomic E-state index is -0.957. The Morgan fingerprint density at radius 2 is 1.75 bits per heavy atom. The molecule has 194 valence electrons. The molecule has 2 aromatic carbocycles. The second-order valence-electron chi connectivity index (χ2n) is 9.74. The van der Waals surface area contributed by atoms with E-state index in [4.69, 9.17) is 0 Å². The van der Waals surface area contributed by atoms with E-state index in [1.165, 1.54) is 31.0 Å². The van der Waals surface area contributed by atoms with Crippen molar-refractivity contribution in [1.82, 2.24) is 16.0 Å². The molecule has 36 heavy (non-hydrogen) atoms. The van der Waals surface area contributed by atoms with Crippen molar-refractivity contribution in [3.05, 3.63) is 60.2 Å².